The fraction of sp³-hybridized carbons (Fsp3) is 0.0467. The van der Waals surface area contributed by atoms with Crippen molar-refractivity contribution in [3.63, 3.8) is 0 Å². The molecule has 0 bridgehead atoms. The van der Waals surface area contributed by atoms with Crippen LogP contribution in [0, 0.1) is 0 Å². The predicted molar refractivity (Wildman–Crippen MR) is 524 cm³/mol. The Bertz CT molecular complexity index is 7360. The molecule has 19 heterocycles. The first-order valence-electron chi connectivity index (χ1n) is 42.1. The minimum atomic E-state index is 0.775. The van der Waals surface area contributed by atoms with Gasteiger partial charge in [0, 0.05) is 176 Å². The highest BCUT2D eigenvalue weighted by Crippen LogP contribution is 2.28. The van der Waals surface area contributed by atoms with Crippen LogP contribution < -0.4 is 0 Å². The van der Waals surface area contributed by atoms with E-state index < -0.39 is 0 Å². The molecule has 0 saturated heterocycles. The maximum atomic E-state index is 4.43. The molecule has 9 aromatic carbocycles. The Morgan fingerprint density at radius 1 is 0.271 bits per heavy atom. The number of tetrazole rings is 1. The number of para-hydroxylation sites is 6. The molecule has 0 unspecified atom stereocenters. The maximum Gasteiger partial charge on any atom is 0.179 e. The Morgan fingerprint density at radius 3 is 1.47 bits per heavy atom. The topological polar surface area (TPSA) is 184 Å². The van der Waals surface area contributed by atoms with Crippen LogP contribution in [-0.2, 0) is 35.2 Å². The molecule has 0 aliphatic carbocycles. The van der Waals surface area contributed by atoms with E-state index in [0.29, 0.717) is 0 Å². The second-order valence-electron chi connectivity index (χ2n) is 30.1. The van der Waals surface area contributed by atoms with Crippen LogP contribution in [0.2, 0.25) is 0 Å². The zero-order valence-electron chi connectivity index (χ0n) is 71.8. The number of fused-ring (bicyclic) bond motifs is 20. The van der Waals surface area contributed by atoms with Crippen molar-refractivity contribution in [2.24, 2.45) is 35.2 Å². The molecule has 0 atom stereocenters. The Balaban J connectivity index is 0.0000000991. The first-order valence-corrected chi connectivity index (χ1v) is 42.1. The number of nitrogens with zero attached hydrogens (tertiary/aromatic N) is 22. The molecule has 630 valence electrons. The first kappa shape index (κ1) is 83.6. The second kappa shape index (κ2) is 40.6. The maximum absolute atomic E-state index is 4.43. The van der Waals surface area contributed by atoms with Gasteiger partial charge in [0.05, 0.1) is 68.5 Å². The molecule has 22 heteroatoms. The molecule has 0 amide bonds. The molecule has 0 fully saturated rings. The number of rotatable bonds is 0. The van der Waals surface area contributed by atoms with Gasteiger partial charge in [0.1, 0.15) is 6.33 Å². The summed E-state index contributed by atoms with van der Waals surface area (Å²) < 4.78 is 23.8. The quantitative estimate of drug-likeness (QED) is 0.141. The first-order chi connectivity index (χ1) is 63.6. The van der Waals surface area contributed by atoms with Crippen LogP contribution in [0.5, 0.6) is 0 Å². The Morgan fingerprint density at radius 2 is 0.791 bits per heavy atom. The molecule has 129 heavy (non-hydrogen) atoms. The summed E-state index contributed by atoms with van der Waals surface area (Å²) in [5, 5.41) is 44.0. The van der Waals surface area contributed by atoms with E-state index >= 15 is 0 Å². The summed E-state index contributed by atoms with van der Waals surface area (Å²) in [6.45, 7) is 0. The summed E-state index contributed by atoms with van der Waals surface area (Å²) in [6, 6.07) is 123. The molecule has 0 saturated carbocycles. The van der Waals surface area contributed by atoms with Crippen molar-refractivity contribution in [1.29, 1.82) is 0 Å². The summed E-state index contributed by atoms with van der Waals surface area (Å²) in [5.41, 5.74) is 17.2. The van der Waals surface area contributed by atoms with Crippen molar-refractivity contribution < 1.29 is 0 Å². The minimum absolute atomic E-state index is 0.775. The van der Waals surface area contributed by atoms with Crippen molar-refractivity contribution in [1.82, 2.24) is 105 Å². The molecule has 22 nitrogen and oxygen atoms in total. The van der Waals surface area contributed by atoms with Crippen molar-refractivity contribution in [2.75, 3.05) is 0 Å². The summed E-state index contributed by atoms with van der Waals surface area (Å²) in [5.74, 6) is 0. The number of hydrogen-bond acceptors (Lipinski definition) is 10. The van der Waals surface area contributed by atoms with Crippen LogP contribution in [0.1, 0.15) is 0 Å². The molecule has 0 N–H and O–H groups in total. The molecule has 0 aliphatic rings. The highest BCUT2D eigenvalue weighted by molar-refractivity contribution is 6.08. The van der Waals surface area contributed by atoms with Gasteiger partial charge in [-0.05, 0) is 178 Å². The second-order valence-corrected chi connectivity index (χ2v) is 30.1. The molecule has 28 aromatic rings. The van der Waals surface area contributed by atoms with Gasteiger partial charge in [-0.25, -0.2) is 23.5 Å². The lowest BCUT2D eigenvalue weighted by molar-refractivity contribution is 0.780. The summed E-state index contributed by atoms with van der Waals surface area (Å²) in [7, 11) is 10.1. The van der Waals surface area contributed by atoms with Crippen LogP contribution in [0.3, 0.4) is 0 Å². The average molecular weight is 1690 g/mol. The number of pyridine rings is 7. The van der Waals surface area contributed by atoms with Gasteiger partial charge in [-0.15, -0.1) is 15.3 Å². The van der Waals surface area contributed by atoms with E-state index in [0.717, 1.165) is 44.4 Å². The SMILES string of the molecule is Cn1c2ccccc2c2ccccc21.Cn1cc2ccccc2c1.Cn1cc2ccccc2n1.Cn1ccc2ccccc21.Cn1cnc2ccccc21.c1ccc2c(c1)cc1ccccn12.c1ccc2c(c1)cn1ccccc21.c1ccc2c(c1)nn1ccccc21.c1ccn2cncc2c1.c1ccn2cnnc2c1.c1ccn2nccc2c1.c1ccn2nnnc2c1. The third kappa shape index (κ3) is 20.3. The van der Waals surface area contributed by atoms with Crippen molar-refractivity contribution in [3.8, 4) is 0 Å². The van der Waals surface area contributed by atoms with Gasteiger partial charge in [0.15, 0.2) is 11.3 Å². The lowest BCUT2D eigenvalue weighted by Gasteiger charge is -1.95. The van der Waals surface area contributed by atoms with Gasteiger partial charge < -0.3 is 31.5 Å². The third-order valence-electron chi connectivity index (χ3n) is 21.4. The predicted octanol–water partition coefficient (Wildman–Crippen LogP) is 23.0. The fourth-order valence-corrected chi connectivity index (χ4v) is 15.1. The van der Waals surface area contributed by atoms with Crippen molar-refractivity contribution >= 4 is 137 Å². The van der Waals surface area contributed by atoms with E-state index in [1.165, 1.54) is 92.5 Å². The van der Waals surface area contributed by atoms with E-state index in [2.05, 4.69) is 337 Å². The molecule has 0 aliphatic heterocycles. The number of aromatic nitrogens is 22. The lowest BCUT2D eigenvalue weighted by atomic mass is 10.2. The monoisotopic (exact) mass is 1680 g/mol. The van der Waals surface area contributed by atoms with E-state index in [4.69, 9.17) is 0 Å². The Kier molecular flexibility index (Phi) is 26.3. The molecule has 28 rings (SSSR count). The van der Waals surface area contributed by atoms with Crippen LogP contribution in [0.15, 0.2) is 470 Å². The minimum Gasteiger partial charge on any atom is -0.356 e. The van der Waals surface area contributed by atoms with Gasteiger partial charge in [0.25, 0.3) is 0 Å². The molecular formula is C107H92N22. The molecule has 0 spiro atoms. The van der Waals surface area contributed by atoms with E-state index in [1.54, 1.807) is 29.6 Å². The van der Waals surface area contributed by atoms with Crippen LogP contribution in [-0.4, -0.2) is 105 Å². The van der Waals surface area contributed by atoms with Crippen LogP contribution in [0.25, 0.3) is 137 Å². The zero-order valence-corrected chi connectivity index (χ0v) is 71.8. The zero-order chi connectivity index (χ0) is 87.9. The summed E-state index contributed by atoms with van der Waals surface area (Å²) in [6.07, 6.45) is 33.1. The highest BCUT2D eigenvalue weighted by Gasteiger charge is 2.08. The van der Waals surface area contributed by atoms with Gasteiger partial charge in [-0.3, -0.25) is 9.08 Å². The number of benzene rings is 9. The van der Waals surface area contributed by atoms with E-state index in [1.807, 2.05) is 243 Å². The van der Waals surface area contributed by atoms with Gasteiger partial charge in [-0.1, -0.05) is 212 Å². The van der Waals surface area contributed by atoms with Crippen LogP contribution in [0.4, 0.5) is 0 Å². The van der Waals surface area contributed by atoms with E-state index in [-0.39, 0.29) is 0 Å². The Labute approximate surface area is 742 Å². The molecular weight excluding hydrogens is 1590 g/mol. The summed E-state index contributed by atoms with van der Waals surface area (Å²) in [4.78, 5) is 8.15. The highest BCUT2D eigenvalue weighted by atomic mass is 15.5. The lowest BCUT2D eigenvalue weighted by Crippen LogP contribution is -1.84. The van der Waals surface area contributed by atoms with Crippen molar-refractivity contribution in [2.45, 2.75) is 0 Å². The normalized spacial score (nSPS) is 10.7. The number of aryl methyl sites for hydroxylation is 5. The van der Waals surface area contributed by atoms with Crippen LogP contribution >= 0.6 is 0 Å². The molecule has 0 radical (unpaired) electrons. The third-order valence-corrected chi connectivity index (χ3v) is 21.4. The van der Waals surface area contributed by atoms with E-state index in [9.17, 15) is 0 Å². The standard InChI is InChI=1S/C13H11N.2C12H9N.C11H8N2.2C9H9N.2C8H8N2.2C7H6N2.C6H5N3.C5H4N4/c1-14-12-8-4-2-6-10(12)11-7-3-5-9-13(11)14;1-2-7-12-10(5-1)9-11-6-3-4-8-13(11)12;1-2-6-11-10(5-1)9-13-8-4-3-7-12(11)13;1-2-6-10-9(5-1)11-7-3-4-8-13(11)12-10;1-10-6-8-4-2-3-5-9(8)7-10;1-10-7-6-8-4-2-3-5-9(8)10;1-10-6-9-7-4-2-3-5-8(7)10;1-10-6-7-4-2-3-5-8(7)9-10;1-2-6-9-7(3-1)4-5-8-9;1-2-4-9-6-8-5-7(9)3-1;1-2-4-9-5-7-8-6(9)3-1;1-2-4-9-5(3-1)6-7-8-9/h2-9H,1H3;2*1-9H;1-8H;2*2-7H,1H3;2*2-6H,1H3;2*1-6H;1-5H;1-4H. The average Bonchev–Trinajstić information content (AvgIpc) is 1.29. The number of hydrogen-bond donors (Lipinski definition) is 0. The smallest absolute Gasteiger partial charge is 0.179 e. The molecule has 19 aromatic heterocycles. The number of imidazole rings is 2. The largest absolute Gasteiger partial charge is 0.356 e. The van der Waals surface area contributed by atoms with Gasteiger partial charge in [0.2, 0.25) is 0 Å². The van der Waals surface area contributed by atoms with Gasteiger partial charge >= 0.3 is 0 Å². The van der Waals surface area contributed by atoms with Crippen molar-refractivity contribution in [3.05, 3.63) is 470 Å². The fourth-order valence-electron chi connectivity index (χ4n) is 15.1. The summed E-state index contributed by atoms with van der Waals surface area (Å²) >= 11 is 0. The van der Waals surface area contributed by atoms with Gasteiger partial charge in [-0.2, -0.15) is 15.3 Å². The Hall–Kier alpha value is -17.7.